The topological polar surface area (TPSA) is 97.0 Å². The number of hydrogen-bond acceptors (Lipinski definition) is 5. The molecule has 1 aliphatic carbocycles. The monoisotopic (exact) mass is 417 g/mol. The lowest BCUT2D eigenvalue weighted by Crippen LogP contribution is -2.53. The number of amides is 3. The van der Waals surface area contributed by atoms with Crippen molar-refractivity contribution >= 4 is 17.7 Å². The van der Waals surface area contributed by atoms with E-state index in [2.05, 4.69) is 10.6 Å². The Labute approximate surface area is 177 Å². The molecule has 1 heterocycles. The fraction of sp³-hybridized carbons (Fsp3) is 0.591. The minimum absolute atomic E-state index is 0.00998. The smallest absolute Gasteiger partial charge is 0.243 e. The van der Waals surface area contributed by atoms with Crippen molar-refractivity contribution in [3.05, 3.63) is 23.8 Å². The van der Waals surface area contributed by atoms with Gasteiger partial charge in [-0.1, -0.05) is 12.1 Å². The molecule has 8 nitrogen and oxygen atoms in total. The Bertz CT molecular complexity index is 785. The summed E-state index contributed by atoms with van der Waals surface area (Å²) in [5, 5.41) is 5.80. The molecule has 0 aromatic heterocycles. The van der Waals surface area contributed by atoms with E-state index in [0.29, 0.717) is 24.6 Å². The third-order valence-corrected chi connectivity index (χ3v) is 5.68. The van der Waals surface area contributed by atoms with Gasteiger partial charge in [-0.3, -0.25) is 14.4 Å². The highest BCUT2D eigenvalue weighted by molar-refractivity contribution is 5.87. The molecule has 1 saturated carbocycles. The summed E-state index contributed by atoms with van der Waals surface area (Å²) in [5.41, 5.74) is 0.774. The molecule has 3 rings (SSSR count). The molecule has 1 atom stereocenters. The van der Waals surface area contributed by atoms with Gasteiger partial charge in [0.05, 0.1) is 14.2 Å². The van der Waals surface area contributed by atoms with E-state index in [4.69, 9.17) is 9.47 Å². The van der Waals surface area contributed by atoms with Crippen LogP contribution in [0.5, 0.6) is 11.5 Å². The van der Waals surface area contributed by atoms with Gasteiger partial charge in [0.25, 0.3) is 0 Å². The molecular formula is C22H31N3O5. The number of para-hydroxylation sites is 1. The molecule has 2 aliphatic rings. The first kappa shape index (κ1) is 21.9. The van der Waals surface area contributed by atoms with E-state index in [0.717, 1.165) is 31.2 Å². The van der Waals surface area contributed by atoms with Crippen molar-refractivity contribution in [3.8, 4) is 11.5 Å². The van der Waals surface area contributed by atoms with Crippen molar-refractivity contribution in [1.29, 1.82) is 0 Å². The van der Waals surface area contributed by atoms with Crippen molar-refractivity contribution in [2.24, 2.45) is 5.92 Å². The van der Waals surface area contributed by atoms with E-state index in [-0.39, 0.29) is 36.1 Å². The summed E-state index contributed by atoms with van der Waals surface area (Å²) in [5.74, 6) is 1.09. The molecule has 3 amide bonds. The Hall–Kier alpha value is -2.77. The number of ether oxygens (including phenoxy) is 2. The van der Waals surface area contributed by atoms with E-state index in [1.807, 2.05) is 17.0 Å². The molecular weight excluding hydrogens is 386 g/mol. The van der Waals surface area contributed by atoms with Crippen LogP contribution >= 0.6 is 0 Å². The fourth-order valence-corrected chi connectivity index (χ4v) is 3.92. The second-order valence-corrected chi connectivity index (χ2v) is 7.99. The van der Waals surface area contributed by atoms with E-state index in [1.165, 1.54) is 6.92 Å². The second kappa shape index (κ2) is 9.82. The highest BCUT2D eigenvalue weighted by Gasteiger charge is 2.35. The van der Waals surface area contributed by atoms with Crippen LogP contribution in [0, 0.1) is 5.92 Å². The number of nitrogens with zero attached hydrogens (tertiary/aromatic N) is 1. The third-order valence-electron chi connectivity index (χ3n) is 5.68. The fourth-order valence-electron chi connectivity index (χ4n) is 3.92. The summed E-state index contributed by atoms with van der Waals surface area (Å²) in [7, 11) is 3.10. The number of carbonyl (C=O) groups is 3. The highest BCUT2D eigenvalue weighted by Crippen LogP contribution is 2.32. The Morgan fingerprint density at radius 3 is 2.37 bits per heavy atom. The van der Waals surface area contributed by atoms with Crippen LogP contribution in [0.1, 0.15) is 38.2 Å². The predicted octanol–water partition coefficient (Wildman–Crippen LogP) is 1.27. The standard InChI is InChI=1S/C22H31N3O5/c1-14(26)23-18(13-16-5-4-6-19(29-2)20(16)30-3)21(27)24-17-9-11-25(12-10-17)22(28)15-7-8-15/h4-6,15,17-18H,7-13H2,1-3H3,(H,23,26)(H,24,27)/t18-/m0/s1. The quantitative estimate of drug-likeness (QED) is 0.664. The van der Waals surface area contributed by atoms with Gasteiger partial charge < -0.3 is 25.0 Å². The van der Waals surface area contributed by atoms with Gasteiger partial charge in [-0.2, -0.15) is 0 Å². The molecule has 8 heteroatoms. The van der Waals surface area contributed by atoms with Crippen LogP contribution < -0.4 is 20.1 Å². The summed E-state index contributed by atoms with van der Waals surface area (Å²) >= 11 is 0. The average molecular weight is 418 g/mol. The van der Waals surface area contributed by atoms with Gasteiger partial charge in [0, 0.05) is 44.0 Å². The first-order valence-corrected chi connectivity index (χ1v) is 10.5. The third kappa shape index (κ3) is 5.43. The highest BCUT2D eigenvalue weighted by atomic mass is 16.5. The van der Waals surface area contributed by atoms with E-state index in [1.54, 1.807) is 20.3 Å². The maximum absolute atomic E-state index is 13.0. The first-order chi connectivity index (χ1) is 14.4. The average Bonchev–Trinajstić information content (AvgIpc) is 3.58. The summed E-state index contributed by atoms with van der Waals surface area (Å²) < 4.78 is 10.8. The zero-order valence-electron chi connectivity index (χ0n) is 17.9. The van der Waals surface area contributed by atoms with Crippen LogP contribution in [0.4, 0.5) is 0 Å². The number of likely N-dealkylation sites (tertiary alicyclic amines) is 1. The SMILES string of the molecule is COc1cccc(C[C@H](NC(C)=O)C(=O)NC2CCN(C(=O)C3CC3)CC2)c1OC. The molecule has 1 aromatic carbocycles. The van der Waals surface area contributed by atoms with Gasteiger partial charge in [-0.15, -0.1) is 0 Å². The molecule has 0 bridgehead atoms. The molecule has 0 radical (unpaired) electrons. The number of methoxy groups -OCH3 is 2. The number of piperidine rings is 1. The van der Waals surface area contributed by atoms with E-state index < -0.39 is 6.04 Å². The molecule has 2 fully saturated rings. The molecule has 1 saturated heterocycles. The summed E-state index contributed by atoms with van der Waals surface area (Å²) in [6, 6.07) is 4.73. The summed E-state index contributed by atoms with van der Waals surface area (Å²) in [6.45, 7) is 2.72. The zero-order chi connectivity index (χ0) is 21.7. The number of hydrogen-bond donors (Lipinski definition) is 2. The largest absolute Gasteiger partial charge is 0.493 e. The molecule has 2 N–H and O–H groups in total. The van der Waals surface area contributed by atoms with Gasteiger partial charge in [0.2, 0.25) is 17.7 Å². The van der Waals surface area contributed by atoms with E-state index >= 15 is 0 Å². The van der Waals surface area contributed by atoms with Crippen molar-refractivity contribution in [1.82, 2.24) is 15.5 Å². The van der Waals surface area contributed by atoms with Crippen LogP contribution in [0.15, 0.2) is 18.2 Å². The minimum Gasteiger partial charge on any atom is -0.493 e. The maximum Gasteiger partial charge on any atom is 0.243 e. The Kier molecular flexibility index (Phi) is 7.18. The van der Waals surface area contributed by atoms with Crippen molar-refractivity contribution < 1.29 is 23.9 Å². The summed E-state index contributed by atoms with van der Waals surface area (Å²) in [4.78, 5) is 38.8. The lowest BCUT2D eigenvalue weighted by molar-refractivity contribution is -0.134. The lowest BCUT2D eigenvalue weighted by Gasteiger charge is -2.33. The molecule has 0 unspecified atom stereocenters. The van der Waals surface area contributed by atoms with Crippen molar-refractivity contribution in [3.63, 3.8) is 0 Å². The molecule has 1 aliphatic heterocycles. The maximum atomic E-state index is 13.0. The summed E-state index contributed by atoms with van der Waals surface area (Å²) in [6.07, 6.45) is 3.73. The van der Waals surface area contributed by atoms with Crippen LogP contribution in [0.2, 0.25) is 0 Å². The van der Waals surface area contributed by atoms with Crippen LogP contribution in [-0.2, 0) is 20.8 Å². The van der Waals surface area contributed by atoms with Crippen molar-refractivity contribution in [2.75, 3.05) is 27.3 Å². The molecule has 1 aromatic rings. The Morgan fingerprint density at radius 2 is 1.80 bits per heavy atom. The van der Waals surface area contributed by atoms with Gasteiger partial charge >= 0.3 is 0 Å². The predicted molar refractivity (Wildman–Crippen MR) is 111 cm³/mol. The minimum atomic E-state index is -0.727. The van der Waals surface area contributed by atoms with Gasteiger partial charge in [-0.25, -0.2) is 0 Å². The van der Waals surface area contributed by atoms with Gasteiger partial charge in [0.1, 0.15) is 6.04 Å². The zero-order valence-corrected chi connectivity index (χ0v) is 17.9. The number of carbonyl (C=O) groups excluding carboxylic acids is 3. The van der Waals surface area contributed by atoms with Crippen LogP contribution in [0.25, 0.3) is 0 Å². The molecule has 164 valence electrons. The van der Waals surface area contributed by atoms with Gasteiger partial charge in [0.15, 0.2) is 11.5 Å². The second-order valence-electron chi connectivity index (χ2n) is 7.99. The van der Waals surface area contributed by atoms with E-state index in [9.17, 15) is 14.4 Å². The number of nitrogens with one attached hydrogen (secondary N) is 2. The Morgan fingerprint density at radius 1 is 1.10 bits per heavy atom. The lowest BCUT2D eigenvalue weighted by atomic mass is 10.0. The molecule has 0 spiro atoms. The number of rotatable bonds is 8. The normalized spacial score (nSPS) is 17.8. The molecule has 30 heavy (non-hydrogen) atoms. The van der Waals surface area contributed by atoms with Gasteiger partial charge in [-0.05, 0) is 31.7 Å². The van der Waals surface area contributed by atoms with Crippen molar-refractivity contribution in [2.45, 2.75) is 51.1 Å². The number of benzene rings is 1. The Balaban J connectivity index is 1.62. The van der Waals surface area contributed by atoms with Crippen LogP contribution in [-0.4, -0.2) is 62.0 Å². The van der Waals surface area contributed by atoms with Crippen LogP contribution in [0.3, 0.4) is 0 Å². The first-order valence-electron chi connectivity index (χ1n) is 10.5.